The Morgan fingerprint density at radius 3 is 2.29 bits per heavy atom. The molecule has 0 fully saturated rings. The number of nitriles is 1. The Bertz CT molecular complexity index is 1660. The highest BCUT2D eigenvalue weighted by atomic mass is 19.4. The molecule has 5 nitrogen and oxygen atoms in total. The van der Waals surface area contributed by atoms with Crippen LogP contribution in [0.2, 0.25) is 0 Å². The molecule has 5 aromatic rings. The molecule has 1 heterocycles. The van der Waals surface area contributed by atoms with Crippen molar-refractivity contribution in [2.24, 2.45) is 0 Å². The van der Waals surface area contributed by atoms with Crippen molar-refractivity contribution in [3.8, 4) is 34.3 Å². The Hall–Kier alpha value is -4.45. The Labute approximate surface area is 216 Å². The second-order valence-electron chi connectivity index (χ2n) is 8.54. The first kappa shape index (κ1) is 25.2. The molecule has 0 saturated carbocycles. The van der Waals surface area contributed by atoms with Crippen molar-refractivity contribution in [3.05, 3.63) is 96.1 Å². The zero-order valence-corrected chi connectivity index (χ0v) is 20.0. The number of aromatic nitrogens is 1. The van der Waals surface area contributed by atoms with Crippen LogP contribution in [-0.4, -0.2) is 30.1 Å². The molecule has 0 radical (unpaired) electrons. The van der Waals surface area contributed by atoms with Crippen LogP contribution >= 0.6 is 0 Å². The lowest BCUT2D eigenvalue weighted by Gasteiger charge is -2.15. The van der Waals surface area contributed by atoms with Gasteiger partial charge in [-0.15, -0.1) is 0 Å². The maximum Gasteiger partial charge on any atom is 0.416 e. The molecule has 0 amide bonds. The highest BCUT2D eigenvalue weighted by molar-refractivity contribution is 6.08. The van der Waals surface area contributed by atoms with Crippen molar-refractivity contribution < 1.29 is 27.8 Å². The van der Waals surface area contributed by atoms with Crippen LogP contribution < -0.4 is 4.74 Å². The minimum Gasteiger partial charge on any atom is -0.449 e. The summed E-state index contributed by atoms with van der Waals surface area (Å²) in [5.74, 6) is -0.0172. The first-order chi connectivity index (χ1) is 18.4. The second kappa shape index (κ2) is 10.5. The lowest BCUT2D eigenvalue weighted by atomic mass is 9.96. The molecule has 8 heteroatoms. The zero-order valence-electron chi connectivity index (χ0n) is 20.0. The van der Waals surface area contributed by atoms with Gasteiger partial charge in [0, 0.05) is 11.1 Å². The quantitative estimate of drug-likeness (QED) is 0.144. The smallest absolute Gasteiger partial charge is 0.416 e. The number of fused-ring (bicyclic) bond motifs is 3. The minimum atomic E-state index is -4.48. The summed E-state index contributed by atoms with van der Waals surface area (Å²) in [5, 5.41) is 23.2. The molecule has 1 aromatic heterocycles. The summed E-state index contributed by atoms with van der Waals surface area (Å²) in [6, 6.07) is 26.3. The molecule has 4 aromatic carbocycles. The lowest BCUT2D eigenvalue weighted by molar-refractivity contribution is -0.137. The predicted octanol–water partition coefficient (Wildman–Crippen LogP) is 6.96. The van der Waals surface area contributed by atoms with E-state index in [-0.39, 0.29) is 31.5 Å². The molecule has 0 saturated heterocycles. The van der Waals surface area contributed by atoms with Crippen molar-refractivity contribution in [2.45, 2.75) is 6.18 Å². The number of aliphatic hydroxyl groups excluding tert-OH is 1. The van der Waals surface area contributed by atoms with E-state index >= 15 is 0 Å². The van der Waals surface area contributed by atoms with Gasteiger partial charge in [-0.3, -0.25) is 0 Å². The topological polar surface area (TPSA) is 75.4 Å². The third-order valence-corrected chi connectivity index (χ3v) is 6.18. The van der Waals surface area contributed by atoms with Gasteiger partial charge >= 0.3 is 6.18 Å². The highest BCUT2D eigenvalue weighted by Crippen LogP contribution is 2.37. The molecule has 0 aliphatic carbocycles. The van der Waals surface area contributed by atoms with Crippen molar-refractivity contribution in [2.75, 3.05) is 20.0 Å². The minimum absolute atomic E-state index is 0.0172. The van der Waals surface area contributed by atoms with E-state index in [1.807, 2.05) is 48.5 Å². The third-order valence-electron chi connectivity index (χ3n) is 6.18. The van der Waals surface area contributed by atoms with Crippen molar-refractivity contribution >= 4 is 21.5 Å². The second-order valence-corrected chi connectivity index (χ2v) is 8.54. The fourth-order valence-electron chi connectivity index (χ4n) is 4.34. The maximum atomic E-state index is 13.1. The number of nitrogens with zero attached hydrogens (tertiary/aromatic N) is 2. The van der Waals surface area contributed by atoms with Gasteiger partial charge in [-0.2, -0.15) is 18.4 Å². The van der Waals surface area contributed by atoms with Crippen LogP contribution in [0.15, 0.2) is 84.9 Å². The summed E-state index contributed by atoms with van der Waals surface area (Å²) in [6.45, 7) is -0.432. The molecule has 1 N–H and O–H groups in total. The van der Waals surface area contributed by atoms with Crippen LogP contribution in [0.4, 0.5) is 13.2 Å². The van der Waals surface area contributed by atoms with E-state index < -0.39 is 11.7 Å². The van der Waals surface area contributed by atoms with Crippen LogP contribution in [0.3, 0.4) is 0 Å². The van der Waals surface area contributed by atoms with Crippen LogP contribution in [0, 0.1) is 11.3 Å². The Morgan fingerprint density at radius 1 is 0.842 bits per heavy atom. The molecule has 0 atom stereocenters. The number of pyridine rings is 1. The number of hydrogen-bond donors (Lipinski definition) is 1. The van der Waals surface area contributed by atoms with Crippen molar-refractivity contribution in [1.29, 1.82) is 5.26 Å². The fraction of sp³-hybridized carbons (Fsp3) is 0.133. The van der Waals surface area contributed by atoms with Gasteiger partial charge in [-0.1, -0.05) is 60.7 Å². The largest absolute Gasteiger partial charge is 0.449 e. The zero-order chi connectivity index (χ0) is 26.7. The number of benzene rings is 4. The van der Waals surface area contributed by atoms with E-state index in [1.54, 1.807) is 6.07 Å². The third kappa shape index (κ3) is 5.02. The predicted molar refractivity (Wildman–Crippen MR) is 138 cm³/mol. The van der Waals surface area contributed by atoms with Gasteiger partial charge < -0.3 is 14.6 Å². The highest BCUT2D eigenvalue weighted by Gasteiger charge is 2.30. The van der Waals surface area contributed by atoms with Gasteiger partial charge in [0.2, 0.25) is 5.88 Å². The summed E-state index contributed by atoms with van der Waals surface area (Å²) < 4.78 is 50.2. The molecular weight excluding hydrogens is 493 g/mol. The van der Waals surface area contributed by atoms with Crippen molar-refractivity contribution in [3.63, 3.8) is 0 Å². The molecule has 0 aliphatic heterocycles. The maximum absolute atomic E-state index is 13.1. The van der Waals surface area contributed by atoms with E-state index in [9.17, 15) is 18.4 Å². The molecule has 190 valence electrons. The molecule has 0 unspecified atom stereocenters. The molecular formula is C30H21F3N2O3. The number of hydrogen-bond acceptors (Lipinski definition) is 5. The summed E-state index contributed by atoms with van der Waals surface area (Å²) in [5.41, 5.74) is 1.28. The Balaban J connectivity index is 1.64. The van der Waals surface area contributed by atoms with Gasteiger partial charge in [-0.25, -0.2) is 4.98 Å². The monoisotopic (exact) mass is 514 g/mol. The van der Waals surface area contributed by atoms with Crippen LogP contribution in [-0.2, 0) is 10.9 Å². The number of halogens is 3. The normalized spacial score (nSPS) is 11.6. The van der Waals surface area contributed by atoms with Crippen molar-refractivity contribution in [1.82, 2.24) is 4.98 Å². The first-order valence-corrected chi connectivity index (χ1v) is 11.7. The molecule has 0 bridgehead atoms. The first-order valence-electron chi connectivity index (χ1n) is 11.7. The number of aliphatic hydroxyl groups is 1. The van der Waals surface area contributed by atoms with Gasteiger partial charge in [0.25, 0.3) is 0 Å². The van der Waals surface area contributed by atoms with Gasteiger partial charge in [0.15, 0.2) is 6.79 Å². The number of rotatable bonds is 7. The molecule has 0 aliphatic rings. The SMILES string of the molecule is N#Cc1c(-c2ccc(C(F)(F)F)cc2)cc(-c2ccc3c(ccc4ccccc43)c2)nc1OCOCCO. The van der Waals surface area contributed by atoms with Crippen LogP contribution in [0.1, 0.15) is 11.1 Å². The van der Waals surface area contributed by atoms with Gasteiger partial charge in [-0.05, 0) is 51.4 Å². The van der Waals surface area contributed by atoms with Gasteiger partial charge in [0.05, 0.1) is 24.5 Å². The molecule has 38 heavy (non-hydrogen) atoms. The average molecular weight is 515 g/mol. The standard InChI is InChI=1S/C30H21F3N2O3/c31-30(32,33)23-10-7-20(8-11-23)26-16-28(35-29(27(26)17-34)38-18-37-14-13-36)22-9-12-25-21(15-22)6-5-19-3-1-2-4-24(19)25/h1-12,15-16,36H,13-14,18H2. The summed E-state index contributed by atoms with van der Waals surface area (Å²) in [6.07, 6.45) is -4.48. The number of ether oxygens (including phenoxy) is 2. The summed E-state index contributed by atoms with van der Waals surface area (Å²) in [4.78, 5) is 4.56. The van der Waals surface area contributed by atoms with E-state index in [2.05, 4.69) is 17.1 Å². The lowest BCUT2D eigenvalue weighted by Crippen LogP contribution is -2.09. The average Bonchev–Trinajstić information content (AvgIpc) is 2.94. The number of alkyl halides is 3. The van der Waals surface area contributed by atoms with E-state index in [0.29, 0.717) is 16.8 Å². The van der Waals surface area contributed by atoms with Gasteiger partial charge in [0.1, 0.15) is 11.6 Å². The van der Waals surface area contributed by atoms with Crippen LogP contribution in [0.5, 0.6) is 5.88 Å². The summed E-state index contributed by atoms with van der Waals surface area (Å²) >= 11 is 0. The molecule has 0 spiro atoms. The van der Waals surface area contributed by atoms with E-state index in [1.165, 1.54) is 12.1 Å². The Kier molecular flexibility index (Phi) is 6.97. The Morgan fingerprint density at radius 2 is 1.55 bits per heavy atom. The van der Waals surface area contributed by atoms with Crippen LogP contribution in [0.25, 0.3) is 43.9 Å². The van der Waals surface area contributed by atoms with E-state index in [4.69, 9.17) is 14.6 Å². The summed E-state index contributed by atoms with van der Waals surface area (Å²) in [7, 11) is 0. The fourth-order valence-corrected chi connectivity index (χ4v) is 4.34. The van der Waals surface area contributed by atoms with E-state index in [0.717, 1.165) is 39.2 Å². The molecule has 5 rings (SSSR count).